The second kappa shape index (κ2) is 3.54. The minimum Gasteiger partial charge on any atom is -0.204 e. The monoisotopic (exact) mass is 344 g/mol. The first-order valence-corrected chi connectivity index (χ1v) is 5.21. The minimum atomic E-state index is -0.259. The van der Waals surface area contributed by atoms with Crippen molar-refractivity contribution in [3.05, 3.63) is 30.9 Å². The van der Waals surface area contributed by atoms with Gasteiger partial charge in [0.15, 0.2) is 5.82 Å². The summed E-state index contributed by atoms with van der Waals surface area (Å²) in [4.78, 5) is 0. The van der Waals surface area contributed by atoms with Gasteiger partial charge in [0.2, 0.25) is 0 Å². The molecule has 0 spiro atoms. The Morgan fingerprint density at radius 1 is 1.18 bits per heavy atom. The van der Waals surface area contributed by atoms with Crippen molar-refractivity contribution in [3.8, 4) is 0 Å². The summed E-state index contributed by atoms with van der Waals surface area (Å²) in [5.41, 5.74) is 0.866. The first-order chi connectivity index (χ1) is 5.04. The number of hydrogen-bond donors (Lipinski definition) is 0. The van der Waals surface area contributed by atoms with Gasteiger partial charge in [0.25, 0.3) is 0 Å². The topological polar surface area (TPSA) is 0 Å². The quantitative estimate of drug-likeness (QED) is 0.482. The molecule has 0 fully saturated rings. The van der Waals surface area contributed by atoms with Crippen molar-refractivity contribution in [2.45, 2.75) is 6.92 Å². The standard InChI is InChI=1S/C7H4Br3F/c1-3-4(8)2-5(9)7(11)6(3)10/h2H,1H3. The van der Waals surface area contributed by atoms with E-state index in [0.29, 0.717) is 8.95 Å². The highest BCUT2D eigenvalue weighted by atomic mass is 79.9. The molecule has 1 aromatic carbocycles. The summed E-state index contributed by atoms with van der Waals surface area (Å²) in [5, 5.41) is 0. The van der Waals surface area contributed by atoms with Gasteiger partial charge in [-0.3, -0.25) is 0 Å². The molecular formula is C7H4Br3F. The van der Waals surface area contributed by atoms with E-state index in [1.165, 1.54) is 0 Å². The minimum absolute atomic E-state index is 0.259. The summed E-state index contributed by atoms with van der Waals surface area (Å²) in [6.07, 6.45) is 0. The van der Waals surface area contributed by atoms with E-state index in [0.717, 1.165) is 10.0 Å². The van der Waals surface area contributed by atoms with Crippen LogP contribution in [-0.2, 0) is 0 Å². The molecule has 4 heteroatoms. The third kappa shape index (κ3) is 1.84. The fourth-order valence-electron chi connectivity index (χ4n) is 0.657. The Balaban J connectivity index is 3.46. The molecule has 0 amide bonds. The van der Waals surface area contributed by atoms with Gasteiger partial charge in [-0.2, -0.15) is 0 Å². The van der Waals surface area contributed by atoms with Crippen LogP contribution in [0.25, 0.3) is 0 Å². The lowest BCUT2D eigenvalue weighted by atomic mass is 10.2. The molecule has 0 aliphatic carbocycles. The maximum atomic E-state index is 13.1. The van der Waals surface area contributed by atoms with E-state index in [1.807, 2.05) is 6.92 Å². The van der Waals surface area contributed by atoms with Crippen molar-refractivity contribution >= 4 is 47.8 Å². The highest BCUT2D eigenvalue weighted by molar-refractivity contribution is 9.11. The smallest absolute Gasteiger partial charge is 0.151 e. The molecule has 1 rings (SSSR count). The Kier molecular flexibility index (Phi) is 3.11. The van der Waals surface area contributed by atoms with Crippen LogP contribution in [0.1, 0.15) is 5.56 Å². The summed E-state index contributed by atoms with van der Waals surface area (Å²) in [6, 6.07) is 1.69. The van der Waals surface area contributed by atoms with Gasteiger partial charge in [-0.25, -0.2) is 4.39 Å². The summed E-state index contributed by atoms with van der Waals surface area (Å²) in [6.45, 7) is 1.84. The molecule has 0 aromatic heterocycles. The summed E-state index contributed by atoms with van der Waals surface area (Å²) < 4.78 is 14.9. The van der Waals surface area contributed by atoms with Gasteiger partial charge in [0.05, 0.1) is 8.95 Å². The average Bonchev–Trinajstić information content (AvgIpc) is 1.97. The molecule has 0 aliphatic rings. The van der Waals surface area contributed by atoms with Crippen molar-refractivity contribution in [2.24, 2.45) is 0 Å². The van der Waals surface area contributed by atoms with Crippen molar-refractivity contribution in [2.75, 3.05) is 0 Å². The van der Waals surface area contributed by atoms with Crippen LogP contribution in [0.3, 0.4) is 0 Å². The van der Waals surface area contributed by atoms with Crippen molar-refractivity contribution in [1.82, 2.24) is 0 Å². The summed E-state index contributed by atoms with van der Waals surface area (Å²) in [5.74, 6) is -0.259. The van der Waals surface area contributed by atoms with Crippen molar-refractivity contribution in [1.29, 1.82) is 0 Å². The fourth-order valence-corrected chi connectivity index (χ4v) is 2.78. The molecule has 0 saturated heterocycles. The molecule has 0 heterocycles. The Labute approximate surface area is 89.6 Å². The van der Waals surface area contributed by atoms with E-state index < -0.39 is 0 Å². The van der Waals surface area contributed by atoms with E-state index in [9.17, 15) is 4.39 Å². The molecule has 0 radical (unpaired) electrons. The maximum absolute atomic E-state index is 13.1. The number of hydrogen-bond acceptors (Lipinski definition) is 0. The number of rotatable bonds is 0. The van der Waals surface area contributed by atoms with Gasteiger partial charge in [-0.15, -0.1) is 0 Å². The van der Waals surface area contributed by atoms with Gasteiger partial charge in [0, 0.05) is 4.47 Å². The van der Waals surface area contributed by atoms with Crippen LogP contribution in [0, 0.1) is 12.7 Å². The lowest BCUT2D eigenvalue weighted by Gasteiger charge is -2.03. The maximum Gasteiger partial charge on any atom is 0.151 e. The number of halogens is 4. The van der Waals surface area contributed by atoms with Gasteiger partial charge < -0.3 is 0 Å². The lowest BCUT2D eigenvalue weighted by Crippen LogP contribution is -1.85. The first-order valence-electron chi connectivity index (χ1n) is 2.83. The molecule has 11 heavy (non-hydrogen) atoms. The molecule has 0 nitrogen and oxygen atoms in total. The van der Waals surface area contributed by atoms with Crippen LogP contribution in [0.4, 0.5) is 4.39 Å². The molecule has 0 saturated carbocycles. The fraction of sp³-hybridized carbons (Fsp3) is 0.143. The highest BCUT2D eigenvalue weighted by Gasteiger charge is 2.09. The molecule has 1 aromatic rings. The van der Waals surface area contributed by atoms with E-state index in [1.54, 1.807) is 6.07 Å². The van der Waals surface area contributed by atoms with E-state index >= 15 is 0 Å². The first kappa shape index (κ1) is 9.68. The molecule has 0 bridgehead atoms. The van der Waals surface area contributed by atoms with Crippen molar-refractivity contribution < 1.29 is 4.39 Å². The van der Waals surface area contributed by atoms with E-state index in [2.05, 4.69) is 47.8 Å². The molecule has 0 unspecified atom stereocenters. The lowest BCUT2D eigenvalue weighted by molar-refractivity contribution is 0.612. The Morgan fingerprint density at radius 2 is 1.73 bits per heavy atom. The summed E-state index contributed by atoms with van der Waals surface area (Å²) in [7, 11) is 0. The number of benzene rings is 1. The van der Waals surface area contributed by atoms with E-state index in [-0.39, 0.29) is 5.82 Å². The highest BCUT2D eigenvalue weighted by Crippen LogP contribution is 2.32. The van der Waals surface area contributed by atoms with Crippen LogP contribution in [0.15, 0.2) is 19.5 Å². The molecule has 60 valence electrons. The Morgan fingerprint density at radius 3 is 2.27 bits per heavy atom. The third-order valence-electron chi connectivity index (χ3n) is 1.34. The molecule has 0 aliphatic heterocycles. The zero-order chi connectivity index (χ0) is 8.59. The summed E-state index contributed by atoms with van der Waals surface area (Å²) >= 11 is 9.55. The zero-order valence-electron chi connectivity index (χ0n) is 5.59. The van der Waals surface area contributed by atoms with Gasteiger partial charge in [-0.05, 0) is 50.4 Å². The van der Waals surface area contributed by atoms with Gasteiger partial charge >= 0.3 is 0 Å². The molecular weight excluding hydrogens is 343 g/mol. The van der Waals surface area contributed by atoms with Crippen LogP contribution in [0.5, 0.6) is 0 Å². The predicted octanol–water partition coefficient (Wildman–Crippen LogP) is 4.42. The Hall–Kier alpha value is 0.590. The largest absolute Gasteiger partial charge is 0.204 e. The van der Waals surface area contributed by atoms with Crippen LogP contribution in [0.2, 0.25) is 0 Å². The van der Waals surface area contributed by atoms with Crippen LogP contribution in [-0.4, -0.2) is 0 Å². The SMILES string of the molecule is Cc1c(Br)cc(Br)c(F)c1Br. The van der Waals surface area contributed by atoms with Gasteiger partial charge in [0.1, 0.15) is 0 Å². The zero-order valence-corrected chi connectivity index (χ0v) is 10.3. The third-order valence-corrected chi connectivity index (χ3v) is 3.69. The normalized spacial score (nSPS) is 10.3. The van der Waals surface area contributed by atoms with Crippen molar-refractivity contribution in [3.63, 3.8) is 0 Å². The molecule has 0 N–H and O–H groups in total. The van der Waals surface area contributed by atoms with E-state index in [4.69, 9.17) is 0 Å². The van der Waals surface area contributed by atoms with Gasteiger partial charge in [-0.1, -0.05) is 15.9 Å². The van der Waals surface area contributed by atoms with Crippen LogP contribution < -0.4 is 0 Å². The second-order valence-corrected chi connectivity index (χ2v) is 4.59. The van der Waals surface area contributed by atoms with Crippen LogP contribution >= 0.6 is 47.8 Å². The molecule has 0 atom stereocenters. The average molecular weight is 347 g/mol. The Bertz CT molecular complexity index is 270. The predicted molar refractivity (Wildman–Crippen MR) is 54.2 cm³/mol. The second-order valence-electron chi connectivity index (χ2n) is 2.09.